The molecule has 178 valence electrons. The molecule has 34 heavy (non-hydrogen) atoms. The van der Waals surface area contributed by atoms with E-state index in [1.165, 1.54) is 0 Å². The van der Waals surface area contributed by atoms with Crippen molar-refractivity contribution in [1.29, 1.82) is 0 Å². The molecule has 1 atom stereocenters. The number of hydrogen-bond donors (Lipinski definition) is 1. The van der Waals surface area contributed by atoms with Gasteiger partial charge in [-0.3, -0.25) is 9.59 Å². The fourth-order valence-corrected chi connectivity index (χ4v) is 4.10. The third-order valence-electron chi connectivity index (χ3n) is 6.24. The average Bonchev–Trinajstić information content (AvgIpc) is 2.85. The van der Waals surface area contributed by atoms with Crippen LogP contribution in [0.5, 0.6) is 0 Å². The third-order valence-corrected chi connectivity index (χ3v) is 6.24. The summed E-state index contributed by atoms with van der Waals surface area (Å²) in [7, 11) is 0. The predicted octanol–water partition coefficient (Wildman–Crippen LogP) is 5.71. The van der Waals surface area contributed by atoms with Crippen LogP contribution in [0.3, 0.4) is 0 Å². The van der Waals surface area contributed by atoms with Crippen LogP contribution in [0.1, 0.15) is 55.4 Å². The Morgan fingerprint density at radius 1 is 0.794 bits per heavy atom. The van der Waals surface area contributed by atoms with Crippen molar-refractivity contribution in [3.8, 4) is 0 Å². The molecule has 0 heterocycles. The second kappa shape index (κ2) is 12.2. The summed E-state index contributed by atoms with van der Waals surface area (Å²) in [5.41, 5.74) is 4.35. The van der Waals surface area contributed by atoms with Gasteiger partial charge in [-0.25, -0.2) is 0 Å². The highest BCUT2D eigenvalue weighted by Crippen LogP contribution is 2.29. The smallest absolute Gasteiger partial charge is 0.242 e. The van der Waals surface area contributed by atoms with Gasteiger partial charge in [0, 0.05) is 25.4 Å². The van der Waals surface area contributed by atoms with E-state index in [1.807, 2.05) is 74.5 Å². The zero-order valence-electron chi connectivity index (χ0n) is 20.7. The molecule has 0 fully saturated rings. The van der Waals surface area contributed by atoms with E-state index in [9.17, 15) is 9.59 Å². The van der Waals surface area contributed by atoms with Crippen LogP contribution in [-0.2, 0) is 16.1 Å². The fourth-order valence-electron chi connectivity index (χ4n) is 4.10. The number of amides is 2. The summed E-state index contributed by atoms with van der Waals surface area (Å²) in [5.74, 6) is 0.108. The summed E-state index contributed by atoms with van der Waals surface area (Å²) in [6, 6.07) is 27.7. The lowest BCUT2D eigenvalue weighted by Crippen LogP contribution is -2.48. The molecule has 2 amide bonds. The quantitative estimate of drug-likeness (QED) is 0.425. The monoisotopic (exact) mass is 456 g/mol. The second-order valence-corrected chi connectivity index (χ2v) is 9.34. The Morgan fingerprint density at radius 2 is 1.32 bits per heavy atom. The van der Waals surface area contributed by atoms with Gasteiger partial charge in [0.05, 0.1) is 0 Å². The van der Waals surface area contributed by atoms with E-state index in [2.05, 4.69) is 43.4 Å². The van der Waals surface area contributed by atoms with Crippen molar-refractivity contribution < 1.29 is 9.59 Å². The van der Waals surface area contributed by atoms with Crippen molar-refractivity contribution in [2.75, 3.05) is 6.54 Å². The molecule has 4 heteroatoms. The Bertz CT molecular complexity index is 1020. The number of aryl methyl sites for hydroxylation is 1. The molecule has 0 unspecified atom stereocenters. The van der Waals surface area contributed by atoms with E-state index >= 15 is 0 Å². The lowest BCUT2D eigenvalue weighted by atomic mass is 9.88. The van der Waals surface area contributed by atoms with Crippen molar-refractivity contribution in [2.24, 2.45) is 5.92 Å². The maximum absolute atomic E-state index is 13.8. The highest BCUT2D eigenvalue weighted by molar-refractivity contribution is 5.87. The first-order valence-electron chi connectivity index (χ1n) is 12.1. The lowest BCUT2D eigenvalue weighted by molar-refractivity contribution is -0.140. The maximum Gasteiger partial charge on any atom is 0.242 e. The number of carbonyl (C=O) groups is 2. The van der Waals surface area contributed by atoms with Gasteiger partial charge in [-0.15, -0.1) is 0 Å². The molecule has 1 N–H and O–H groups in total. The summed E-state index contributed by atoms with van der Waals surface area (Å²) in [5, 5.41) is 3.00. The van der Waals surface area contributed by atoms with Crippen LogP contribution in [0.2, 0.25) is 0 Å². The number of nitrogens with zero attached hydrogens (tertiary/aromatic N) is 1. The van der Waals surface area contributed by atoms with Crippen LogP contribution in [0, 0.1) is 12.8 Å². The molecule has 0 bridgehead atoms. The molecule has 0 radical (unpaired) electrons. The van der Waals surface area contributed by atoms with Crippen LogP contribution in [-0.4, -0.2) is 29.3 Å². The first-order chi connectivity index (χ1) is 16.4. The molecule has 0 aliphatic carbocycles. The van der Waals surface area contributed by atoms with E-state index < -0.39 is 6.04 Å². The molecule has 0 saturated carbocycles. The zero-order chi connectivity index (χ0) is 24.5. The molecule has 3 aromatic rings. The van der Waals surface area contributed by atoms with Crippen molar-refractivity contribution in [3.63, 3.8) is 0 Å². The minimum Gasteiger partial charge on any atom is -0.354 e. The summed E-state index contributed by atoms with van der Waals surface area (Å²) in [6.45, 7) is 8.98. The molecule has 0 spiro atoms. The summed E-state index contributed by atoms with van der Waals surface area (Å²) in [4.78, 5) is 28.6. The first-order valence-corrected chi connectivity index (χ1v) is 12.1. The van der Waals surface area contributed by atoms with Gasteiger partial charge in [0.2, 0.25) is 11.8 Å². The first kappa shape index (κ1) is 25.2. The Balaban J connectivity index is 1.90. The van der Waals surface area contributed by atoms with Gasteiger partial charge >= 0.3 is 0 Å². The van der Waals surface area contributed by atoms with Crippen LogP contribution < -0.4 is 5.32 Å². The van der Waals surface area contributed by atoms with Gasteiger partial charge in [-0.1, -0.05) is 98.8 Å². The van der Waals surface area contributed by atoms with E-state index in [4.69, 9.17) is 0 Å². The van der Waals surface area contributed by atoms with E-state index in [0.717, 1.165) is 22.3 Å². The normalized spacial score (nSPS) is 11.9. The van der Waals surface area contributed by atoms with E-state index in [0.29, 0.717) is 25.4 Å². The second-order valence-electron chi connectivity index (χ2n) is 9.34. The predicted molar refractivity (Wildman–Crippen MR) is 138 cm³/mol. The van der Waals surface area contributed by atoms with Crippen molar-refractivity contribution >= 4 is 11.8 Å². The number of carbonyl (C=O) groups excluding carboxylic acids is 2. The molecule has 0 aromatic heterocycles. The number of nitrogens with one attached hydrogen (secondary N) is 1. The Morgan fingerprint density at radius 3 is 1.85 bits per heavy atom. The summed E-state index contributed by atoms with van der Waals surface area (Å²) >= 11 is 0. The van der Waals surface area contributed by atoms with Crippen molar-refractivity contribution in [1.82, 2.24) is 10.2 Å². The van der Waals surface area contributed by atoms with Crippen LogP contribution in [0.25, 0.3) is 0 Å². The number of benzene rings is 3. The minimum absolute atomic E-state index is 0.0341. The number of rotatable bonds is 10. The Kier molecular flexibility index (Phi) is 9.03. The molecule has 4 nitrogen and oxygen atoms in total. The summed E-state index contributed by atoms with van der Waals surface area (Å²) in [6.07, 6.45) is 0.293. The third kappa shape index (κ3) is 6.80. The van der Waals surface area contributed by atoms with Crippen molar-refractivity contribution in [3.05, 3.63) is 107 Å². The van der Waals surface area contributed by atoms with Gasteiger partial charge < -0.3 is 10.2 Å². The van der Waals surface area contributed by atoms with Gasteiger partial charge in [0.1, 0.15) is 6.04 Å². The van der Waals surface area contributed by atoms with Gasteiger partial charge in [-0.2, -0.15) is 0 Å². The van der Waals surface area contributed by atoms with Gasteiger partial charge in [0.15, 0.2) is 0 Å². The summed E-state index contributed by atoms with van der Waals surface area (Å²) < 4.78 is 0. The highest BCUT2D eigenvalue weighted by Gasteiger charge is 2.29. The van der Waals surface area contributed by atoms with Crippen LogP contribution in [0.15, 0.2) is 84.9 Å². The van der Waals surface area contributed by atoms with E-state index in [1.54, 1.807) is 4.90 Å². The largest absolute Gasteiger partial charge is 0.354 e. The Hall–Kier alpha value is -3.40. The highest BCUT2D eigenvalue weighted by atomic mass is 16.2. The topological polar surface area (TPSA) is 49.4 Å². The molecule has 3 aromatic carbocycles. The molecule has 0 aliphatic rings. The van der Waals surface area contributed by atoms with Gasteiger partial charge in [-0.05, 0) is 42.0 Å². The fraction of sp³-hybridized carbons (Fsp3) is 0.333. The standard InChI is InChI=1S/C30H36N2O2/c1-22(2)20-31-30(34)24(4)32(21-27-18-12-11-13-23(27)3)29(33)19-28(25-14-7-5-8-15-25)26-16-9-6-10-17-26/h5-18,22,24,28H,19-21H2,1-4H3,(H,31,34)/t24-/m0/s1. The molecule has 0 aliphatic heterocycles. The van der Waals surface area contributed by atoms with Crippen molar-refractivity contribution in [2.45, 2.75) is 52.6 Å². The SMILES string of the molecule is Cc1ccccc1CN(C(=O)CC(c1ccccc1)c1ccccc1)[C@@H](C)C(=O)NCC(C)C. The maximum atomic E-state index is 13.8. The molecular weight excluding hydrogens is 420 g/mol. The van der Waals surface area contributed by atoms with Crippen LogP contribution >= 0.6 is 0 Å². The Labute approximate surface area is 204 Å². The molecule has 0 saturated heterocycles. The van der Waals surface area contributed by atoms with E-state index in [-0.39, 0.29) is 17.7 Å². The van der Waals surface area contributed by atoms with Gasteiger partial charge in [0.25, 0.3) is 0 Å². The number of hydrogen-bond acceptors (Lipinski definition) is 2. The molecule has 3 rings (SSSR count). The lowest BCUT2D eigenvalue weighted by Gasteiger charge is -2.31. The average molecular weight is 457 g/mol. The minimum atomic E-state index is -0.571. The van der Waals surface area contributed by atoms with Crippen LogP contribution in [0.4, 0.5) is 0 Å². The zero-order valence-corrected chi connectivity index (χ0v) is 20.7. The molecular formula is C30H36N2O2.